The third-order valence-electron chi connectivity index (χ3n) is 3.26. The summed E-state index contributed by atoms with van der Waals surface area (Å²) in [5, 5.41) is 0. The molecule has 0 saturated heterocycles. The molecule has 2 N–H and O–H groups in total. The molecule has 0 aromatic heterocycles. The second-order valence-electron chi connectivity index (χ2n) is 5.30. The lowest BCUT2D eigenvalue weighted by Crippen LogP contribution is -2.04. The summed E-state index contributed by atoms with van der Waals surface area (Å²) in [5.74, 6) is 2.16. The molecule has 20 heavy (non-hydrogen) atoms. The minimum Gasteiger partial charge on any atom is -0.456 e. The largest absolute Gasteiger partial charge is 0.456 e. The van der Waals surface area contributed by atoms with Crippen LogP contribution in [-0.4, -0.2) is 0 Å². The van der Waals surface area contributed by atoms with Crippen LogP contribution in [0.15, 0.2) is 46.9 Å². The van der Waals surface area contributed by atoms with Crippen molar-refractivity contribution < 1.29 is 4.74 Å². The van der Waals surface area contributed by atoms with E-state index < -0.39 is 0 Å². The van der Waals surface area contributed by atoms with Crippen LogP contribution in [-0.2, 0) is 0 Å². The zero-order valence-corrected chi connectivity index (χ0v) is 13.6. The Balaban J connectivity index is 2.17. The number of hydrogen-bond acceptors (Lipinski definition) is 2. The first-order chi connectivity index (χ1) is 9.47. The predicted octanol–water partition coefficient (Wildman–Crippen LogP) is 5.38. The van der Waals surface area contributed by atoms with Gasteiger partial charge < -0.3 is 10.5 Å². The van der Waals surface area contributed by atoms with E-state index in [9.17, 15) is 0 Å². The van der Waals surface area contributed by atoms with Gasteiger partial charge in [0, 0.05) is 6.04 Å². The zero-order chi connectivity index (χ0) is 14.7. The molecule has 2 aromatic carbocycles. The van der Waals surface area contributed by atoms with Crippen molar-refractivity contribution in [2.75, 3.05) is 0 Å². The Morgan fingerprint density at radius 2 is 1.55 bits per heavy atom. The van der Waals surface area contributed by atoms with E-state index in [0.717, 1.165) is 21.5 Å². The van der Waals surface area contributed by atoms with Gasteiger partial charge in [-0.1, -0.05) is 32.0 Å². The number of nitrogens with two attached hydrogens (primary N) is 1. The molecule has 0 amide bonds. The quantitative estimate of drug-likeness (QED) is 0.814. The van der Waals surface area contributed by atoms with Gasteiger partial charge in [-0.15, -0.1) is 0 Å². The highest BCUT2D eigenvalue weighted by atomic mass is 79.9. The lowest BCUT2D eigenvalue weighted by Gasteiger charge is -2.12. The average molecular weight is 334 g/mol. The second kappa shape index (κ2) is 6.42. The van der Waals surface area contributed by atoms with E-state index in [1.807, 2.05) is 37.3 Å². The molecule has 0 fully saturated rings. The molecule has 0 heterocycles. The molecule has 3 heteroatoms. The van der Waals surface area contributed by atoms with Crippen molar-refractivity contribution in [3.8, 4) is 11.5 Å². The lowest BCUT2D eigenvalue weighted by atomic mass is 10.0. The Kier molecular flexibility index (Phi) is 4.84. The summed E-state index contributed by atoms with van der Waals surface area (Å²) in [4.78, 5) is 0. The van der Waals surface area contributed by atoms with Gasteiger partial charge in [0.15, 0.2) is 0 Å². The summed E-state index contributed by atoms with van der Waals surface area (Å²) in [5.41, 5.74) is 8.26. The number of ether oxygens (including phenoxy) is 1. The number of halogens is 1. The molecule has 2 aromatic rings. The summed E-state index contributed by atoms with van der Waals surface area (Å²) in [6.45, 7) is 6.32. The van der Waals surface area contributed by atoms with Crippen LogP contribution in [0, 0.1) is 0 Å². The first-order valence-corrected chi connectivity index (χ1v) is 7.59. The van der Waals surface area contributed by atoms with E-state index in [0.29, 0.717) is 5.92 Å². The Labute approximate surface area is 129 Å². The van der Waals surface area contributed by atoms with Crippen LogP contribution in [0.4, 0.5) is 0 Å². The van der Waals surface area contributed by atoms with Crippen molar-refractivity contribution in [3.05, 3.63) is 58.1 Å². The van der Waals surface area contributed by atoms with Crippen molar-refractivity contribution >= 4 is 15.9 Å². The second-order valence-corrected chi connectivity index (χ2v) is 6.16. The van der Waals surface area contributed by atoms with Crippen molar-refractivity contribution in [2.24, 2.45) is 5.73 Å². The maximum Gasteiger partial charge on any atom is 0.141 e. The topological polar surface area (TPSA) is 35.2 Å². The van der Waals surface area contributed by atoms with Crippen LogP contribution in [0.5, 0.6) is 11.5 Å². The molecule has 1 atom stereocenters. The molecule has 106 valence electrons. The van der Waals surface area contributed by atoms with E-state index >= 15 is 0 Å². The predicted molar refractivity (Wildman–Crippen MR) is 87.3 cm³/mol. The van der Waals surface area contributed by atoms with Crippen LogP contribution in [0.3, 0.4) is 0 Å². The van der Waals surface area contributed by atoms with E-state index in [1.165, 1.54) is 5.56 Å². The van der Waals surface area contributed by atoms with Gasteiger partial charge in [-0.3, -0.25) is 0 Å². The zero-order valence-electron chi connectivity index (χ0n) is 12.1. The molecule has 0 bridgehead atoms. The highest BCUT2D eigenvalue weighted by Crippen LogP contribution is 2.32. The van der Waals surface area contributed by atoms with E-state index in [4.69, 9.17) is 10.5 Å². The van der Waals surface area contributed by atoms with Gasteiger partial charge in [-0.2, -0.15) is 0 Å². The van der Waals surface area contributed by atoms with Crippen LogP contribution in [0.25, 0.3) is 0 Å². The number of benzene rings is 2. The smallest absolute Gasteiger partial charge is 0.141 e. The fourth-order valence-corrected chi connectivity index (χ4v) is 2.41. The number of hydrogen-bond donors (Lipinski definition) is 1. The third-order valence-corrected chi connectivity index (χ3v) is 3.88. The maximum atomic E-state index is 5.89. The fraction of sp³-hybridized carbons (Fsp3) is 0.294. The van der Waals surface area contributed by atoms with Crippen LogP contribution >= 0.6 is 15.9 Å². The monoisotopic (exact) mass is 333 g/mol. The molecule has 2 nitrogen and oxygen atoms in total. The molecule has 0 radical (unpaired) electrons. The summed E-state index contributed by atoms with van der Waals surface area (Å²) < 4.78 is 6.81. The first kappa shape index (κ1) is 15.1. The Morgan fingerprint density at radius 3 is 2.05 bits per heavy atom. The van der Waals surface area contributed by atoms with Crippen LogP contribution < -0.4 is 10.5 Å². The highest BCUT2D eigenvalue weighted by Gasteiger charge is 2.07. The molecule has 0 aliphatic carbocycles. The summed E-state index contributed by atoms with van der Waals surface area (Å²) >= 11 is 3.53. The maximum absolute atomic E-state index is 5.89. The van der Waals surface area contributed by atoms with E-state index in [1.54, 1.807) is 0 Å². The minimum atomic E-state index is 0.0191. The van der Waals surface area contributed by atoms with Crippen molar-refractivity contribution in [1.29, 1.82) is 0 Å². The summed E-state index contributed by atoms with van der Waals surface area (Å²) in [6, 6.07) is 14.2. The fourth-order valence-electron chi connectivity index (χ4n) is 1.93. The lowest BCUT2D eigenvalue weighted by molar-refractivity contribution is 0.479. The normalized spacial score (nSPS) is 12.5. The SMILES string of the molecule is CC(C)c1ccc(Oc2ccc([C@@H](C)N)cc2Br)cc1. The standard InChI is InChI=1S/C17H20BrNO/c1-11(2)13-4-7-15(8-5-13)20-17-9-6-14(12(3)19)10-16(17)18/h4-12H,19H2,1-3H3/t12-/m1/s1. The molecular weight excluding hydrogens is 314 g/mol. The van der Waals surface area contributed by atoms with Gasteiger partial charge >= 0.3 is 0 Å². The van der Waals surface area contributed by atoms with Gasteiger partial charge in [0.1, 0.15) is 11.5 Å². The molecule has 2 rings (SSSR count). The third kappa shape index (κ3) is 3.62. The first-order valence-electron chi connectivity index (χ1n) is 6.80. The van der Waals surface area contributed by atoms with Gasteiger partial charge in [-0.05, 0) is 64.2 Å². The minimum absolute atomic E-state index is 0.0191. The van der Waals surface area contributed by atoms with Gasteiger partial charge in [0.2, 0.25) is 0 Å². The Hall–Kier alpha value is -1.32. The van der Waals surface area contributed by atoms with Crippen molar-refractivity contribution in [2.45, 2.75) is 32.7 Å². The Morgan fingerprint density at radius 1 is 0.950 bits per heavy atom. The van der Waals surface area contributed by atoms with Gasteiger partial charge in [0.25, 0.3) is 0 Å². The molecular formula is C17H20BrNO. The highest BCUT2D eigenvalue weighted by molar-refractivity contribution is 9.10. The molecule has 0 spiro atoms. The van der Waals surface area contributed by atoms with E-state index in [-0.39, 0.29) is 6.04 Å². The summed E-state index contributed by atoms with van der Waals surface area (Å²) in [6.07, 6.45) is 0. The van der Waals surface area contributed by atoms with E-state index in [2.05, 4.69) is 41.9 Å². The molecule has 0 unspecified atom stereocenters. The van der Waals surface area contributed by atoms with Crippen LogP contribution in [0.2, 0.25) is 0 Å². The van der Waals surface area contributed by atoms with Gasteiger partial charge in [-0.25, -0.2) is 0 Å². The molecule has 0 aliphatic rings. The Bertz CT molecular complexity index is 576. The van der Waals surface area contributed by atoms with Crippen LogP contribution in [0.1, 0.15) is 43.9 Å². The van der Waals surface area contributed by atoms with Crippen molar-refractivity contribution in [3.63, 3.8) is 0 Å². The van der Waals surface area contributed by atoms with Crippen molar-refractivity contribution in [1.82, 2.24) is 0 Å². The summed E-state index contributed by atoms with van der Waals surface area (Å²) in [7, 11) is 0. The average Bonchev–Trinajstić information content (AvgIpc) is 2.41. The van der Waals surface area contributed by atoms with Gasteiger partial charge in [0.05, 0.1) is 4.47 Å². The molecule has 0 saturated carbocycles. The number of rotatable bonds is 4. The molecule has 0 aliphatic heterocycles.